The van der Waals surface area contributed by atoms with Gasteiger partial charge in [0.05, 0.1) is 12.2 Å². The smallest absolute Gasteiger partial charge is 0.0642 e. The Kier molecular flexibility index (Phi) is 3.39. The molecule has 0 aliphatic heterocycles. The van der Waals surface area contributed by atoms with Gasteiger partial charge in [-0.15, -0.1) is 0 Å². The second-order valence-corrected chi connectivity index (χ2v) is 6.63. The molecule has 0 bridgehead atoms. The summed E-state index contributed by atoms with van der Waals surface area (Å²) in [4.78, 5) is 0. The monoisotopic (exact) mass is 238 g/mol. The Morgan fingerprint density at radius 3 is 2.53 bits per heavy atom. The highest BCUT2D eigenvalue weighted by Gasteiger charge is 2.52. The fourth-order valence-electron chi connectivity index (χ4n) is 4.06. The van der Waals surface area contributed by atoms with Gasteiger partial charge in [0.25, 0.3) is 0 Å². The molecular formula is C15H26O2. The standard InChI is InChI=1S/C15H26O2/c1-9(2)11-7-8-15(4)12(16)6-5-10(3)13(15)14(11)17/h9,11-14,16-17H,3,5-8H2,1-2,4H3/t11-,12+,13?,14-,15?/m0/s1. The van der Waals surface area contributed by atoms with E-state index in [0.29, 0.717) is 11.8 Å². The Balaban J connectivity index is 2.29. The predicted octanol–water partition coefficient (Wildman–Crippen LogP) is 2.75. The van der Waals surface area contributed by atoms with Crippen molar-refractivity contribution in [2.24, 2.45) is 23.2 Å². The van der Waals surface area contributed by atoms with E-state index in [-0.39, 0.29) is 23.5 Å². The Morgan fingerprint density at radius 1 is 1.29 bits per heavy atom. The molecule has 2 nitrogen and oxygen atoms in total. The summed E-state index contributed by atoms with van der Waals surface area (Å²) in [6.07, 6.45) is 3.11. The highest BCUT2D eigenvalue weighted by atomic mass is 16.3. The lowest BCUT2D eigenvalue weighted by Gasteiger charge is -2.54. The molecule has 2 heteroatoms. The lowest BCUT2D eigenvalue weighted by atomic mass is 9.53. The van der Waals surface area contributed by atoms with Gasteiger partial charge >= 0.3 is 0 Å². The molecule has 0 radical (unpaired) electrons. The van der Waals surface area contributed by atoms with E-state index in [1.54, 1.807) is 0 Å². The average Bonchev–Trinajstić information content (AvgIpc) is 2.23. The summed E-state index contributed by atoms with van der Waals surface area (Å²) in [6.45, 7) is 10.6. The number of aliphatic hydroxyl groups is 2. The molecule has 0 aromatic heterocycles. The van der Waals surface area contributed by atoms with Gasteiger partial charge in [0, 0.05) is 11.3 Å². The molecule has 98 valence electrons. The molecule has 2 unspecified atom stereocenters. The van der Waals surface area contributed by atoms with Crippen LogP contribution in [0.25, 0.3) is 0 Å². The van der Waals surface area contributed by atoms with Crippen molar-refractivity contribution in [3.63, 3.8) is 0 Å². The maximum absolute atomic E-state index is 10.6. The summed E-state index contributed by atoms with van der Waals surface area (Å²) in [5, 5.41) is 20.9. The van der Waals surface area contributed by atoms with Gasteiger partial charge in [0.1, 0.15) is 0 Å². The van der Waals surface area contributed by atoms with Crippen LogP contribution in [0.2, 0.25) is 0 Å². The molecule has 0 spiro atoms. The van der Waals surface area contributed by atoms with Gasteiger partial charge in [0.2, 0.25) is 0 Å². The number of aliphatic hydroxyl groups excluding tert-OH is 2. The van der Waals surface area contributed by atoms with Crippen molar-refractivity contribution in [2.75, 3.05) is 0 Å². The third kappa shape index (κ3) is 1.96. The van der Waals surface area contributed by atoms with E-state index in [2.05, 4.69) is 27.4 Å². The van der Waals surface area contributed by atoms with Crippen LogP contribution in [0.15, 0.2) is 12.2 Å². The van der Waals surface area contributed by atoms with Crippen molar-refractivity contribution in [1.82, 2.24) is 0 Å². The van der Waals surface area contributed by atoms with Crippen LogP contribution in [-0.2, 0) is 0 Å². The van der Waals surface area contributed by atoms with Crippen molar-refractivity contribution < 1.29 is 10.2 Å². The molecule has 2 fully saturated rings. The molecule has 2 aliphatic carbocycles. The lowest BCUT2D eigenvalue weighted by molar-refractivity contribution is -0.120. The first-order chi connectivity index (χ1) is 7.88. The first kappa shape index (κ1) is 13.1. The van der Waals surface area contributed by atoms with Gasteiger partial charge in [-0.3, -0.25) is 0 Å². The molecule has 2 N–H and O–H groups in total. The first-order valence-corrected chi connectivity index (χ1v) is 6.91. The summed E-state index contributed by atoms with van der Waals surface area (Å²) < 4.78 is 0. The first-order valence-electron chi connectivity index (χ1n) is 6.91. The summed E-state index contributed by atoms with van der Waals surface area (Å²) in [5.41, 5.74) is 0.996. The van der Waals surface area contributed by atoms with Gasteiger partial charge in [0.15, 0.2) is 0 Å². The zero-order chi connectivity index (χ0) is 12.8. The summed E-state index contributed by atoms with van der Waals surface area (Å²) in [6, 6.07) is 0. The van der Waals surface area contributed by atoms with Crippen molar-refractivity contribution in [2.45, 2.75) is 58.7 Å². The van der Waals surface area contributed by atoms with Gasteiger partial charge < -0.3 is 10.2 Å². The third-order valence-corrected chi connectivity index (χ3v) is 5.30. The SMILES string of the molecule is C=C1CC[C@@H](O)C2(C)CC[C@@H](C(C)C)[C@H](O)C12. The Hall–Kier alpha value is -0.340. The number of hydrogen-bond acceptors (Lipinski definition) is 2. The number of hydrogen-bond donors (Lipinski definition) is 2. The van der Waals surface area contributed by atoms with Crippen LogP contribution in [0.4, 0.5) is 0 Å². The molecule has 0 amide bonds. The highest BCUT2D eigenvalue weighted by Crippen LogP contribution is 2.54. The second-order valence-electron chi connectivity index (χ2n) is 6.63. The number of fused-ring (bicyclic) bond motifs is 1. The highest BCUT2D eigenvalue weighted by molar-refractivity contribution is 5.17. The fraction of sp³-hybridized carbons (Fsp3) is 0.867. The second kappa shape index (κ2) is 4.40. The fourth-order valence-corrected chi connectivity index (χ4v) is 4.06. The maximum atomic E-state index is 10.6. The quantitative estimate of drug-likeness (QED) is 0.690. The molecule has 2 rings (SSSR count). The summed E-state index contributed by atoms with van der Waals surface area (Å²) >= 11 is 0. The van der Waals surface area contributed by atoms with Crippen LogP contribution in [0.3, 0.4) is 0 Å². The van der Waals surface area contributed by atoms with Crippen LogP contribution in [0, 0.1) is 23.2 Å². The molecule has 0 saturated heterocycles. The zero-order valence-electron chi connectivity index (χ0n) is 11.3. The van der Waals surface area contributed by atoms with Crippen molar-refractivity contribution >= 4 is 0 Å². The van der Waals surface area contributed by atoms with Gasteiger partial charge in [-0.25, -0.2) is 0 Å². The van der Waals surface area contributed by atoms with Gasteiger partial charge in [-0.2, -0.15) is 0 Å². The van der Waals surface area contributed by atoms with Gasteiger partial charge in [-0.1, -0.05) is 32.9 Å². The van der Waals surface area contributed by atoms with Crippen LogP contribution in [0.1, 0.15) is 46.5 Å². The molecule has 0 aromatic rings. The topological polar surface area (TPSA) is 40.5 Å². The van der Waals surface area contributed by atoms with Crippen molar-refractivity contribution in [1.29, 1.82) is 0 Å². The molecule has 2 aliphatic rings. The zero-order valence-corrected chi connectivity index (χ0v) is 11.3. The van der Waals surface area contributed by atoms with E-state index in [9.17, 15) is 10.2 Å². The molecule has 2 saturated carbocycles. The van der Waals surface area contributed by atoms with E-state index < -0.39 is 0 Å². The van der Waals surface area contributed by atoms with E-state index in [1.807, 2.05) is 0 Å². The molecule has 17 heavy (non-hydrogen) atoms. The van der Waals surface area contributed by atoms with Crippen LogP contribution >= 0.6 is 0 Å². The third-order valence-electron chi connectivity index (χ3n) is 5.30. The van der Waals surface area contributed by atoms with Crippen molar-refractivity contribution in [3.8, 4) is 0 Å². The number of rotatable bonds is 1. The van der Waals surface area contributed by atoms with E-state index in [4.69, 9.17) is 0 Å². The minimum atomic E-state index is -0.323. The normalized spacial score (nSPS) is 47.1. The van der Waals surface area contributed by atoms with Crippen molar-refractivity contribution in [3.05, 3.63) is 12.2 Å². The Labute approximate surface area is 105 Å². The minimum absolute atomic E-state index is 0.0902. The van der Waals surface area contributed by atoms with E-state index in [1.165, 1.54) is 0 Å². The van der Waals surface area contributed by atoms with Gasteiger partial charge in [-0.05, 0) is 37.5 Å². The average molecular weight is 238 g/mol. The van der Waals surface area contributed by atoms with Crippen LogP contribution < -0.4 is 0 Å². The maximum Gasteiger partial charge on any atom is 0.0642 e. The molecule has 0 aromatic carbocycles. The Bertz CT molecular complexity index is 310. The molecular weight excluding hydrogens is 212 g/mol. The summed E-state index contributed by atoms with van der Waals surface area (Å²) in [7, 11) is 0. The summed E-state index contributed by atoms with van der Waals surface area (Å²) in [5.74, 6) is 0.948. The largest absolute Gasteiger partial charge is 0.393 e. The lowest BCUT2D eigenvalue weighted by Crippen LogP contribution is -2.54. The van der Waals surface area contributed by atoms with E-state index in [0.717, 1.165) is 31.3 Å². The molecule has 5 atom stereocenters. The van der Waals surface area contributed by atoms with Crippen LogP contribution in [-0.4, -0.2) is 22.4 Å². The van der Waals surface area contributed by atoms with Crippen LogP contribution in [0.5, 0.6) is 0 Å². The Morgan fingerprint density at radius 2 is 1.94 bits per heavy atom. The predicted molar refractivity (Wildman–Crippen MR) is 69.5 cm³/mol. The minimum Gasteiger partial charge on any atom is -0.393 e. The van der Waals surface area contributed by atoms with E-state index >= 15 is 0 Å². The molecule has 0 heterocycles.